The first-order valence-electron chi connectivity index (χ1n) is 11.4. The molecule has 2 N–H and O–H groups in total. The quantitative estimate of drug-likeness (QED) is 0.356. The molecule has 0 radical (unpaired) electrons. The second-order valence-electron chi connectivity index (χ2n) is 8.65. The lowest BCUT2D eigenvalue weighted by Crippen LogP contribution is -2.77. The summed E-state index contributed by atoms with van der Waals surface area (Å²) in [5, 5.41) is 12.1. The van der Waals surface area contributed by atoms with Gasteiger partial charge in [0, 0.05) is 5.88 Å². The van der Waals surface area contributed by atoms with Crippen molar-refractivity contribution in [1.29, 1.82) is 0 Å². The first-order valence-corrected chi connectivity index (χ1v) is 12.9. The Labute approximate surface area is 218 Å². The molecule has 3 atom stereocenters. The van der Waals surface area contributed by atoms with E-state index in [1.165, 1.54) is 16.7 Å². The van der Waals surface area contributed by atoms with Gasteiger partial charge in [-0.05, 0) is 22.3 Å². The van der Waals surface area contributed by atoms with Crippen molar-refractivity contribution in [3.63, 3.8) is 0 Å². The first kappa shape index (κ1) is 24.2. The maximum atomic E-state index is 13.9. The maximum absolute atomic E-state index is 13.9. The van der Waals surface area contributed by atoms with E-state index in [9.17, 15) is 19.5 Å². The number of amides is 2. The fourth-order valence-electron chi connectivity index (χ4n) is 4.88. The molecule has 2 amide bonds. The first-order chi connectivity index (χ1) is 17.5. The molecule has 0 aliphatic carbocycles. The molecule has 2 aliphatic rings. The van der Waals surface area contributed by atoms with E-state index < -0.39 is 28.0 Å². The van der Waals surface area contributed by atoms with Crippen LogP contribution < -0.4 is 5.32 Å². The largest absolute Gasteiger partial charge is 0.477 e. The Morgan fingerprint density at radius 3 is 2.11 bits per heavy atom. The van der Waals surface area contributed by atoms with Gasteiger partial charge in [-0.3, -0.25) is 14.5 Å². The summed E-state index contributed by atoms with van der Waals surface area (Å²) >= 11 is 7.70. The van der Waals surface area contributed by atoms with Gasteiger partial charge in [0.05, 0.1) is 11.7 Å². The normalized spacial score (nSPS) is 23.0. The van der Waals surface area contributed by atoms with Gasteiger partial charge in [0.2, 0.25) is 5.91 Å². The summed E-state index contributed by atoms with van der Waals surface area (Å²) in [6.45, 7) is 0. The lowest BCUT2D eigenvalue weighted by Gasteiger charge is -2.58. The molecule has 0 spiro atoms. The number of nitrogens with zero attached hydrogens (tertiary/aromatic N) is 1. The average molecular weight is 519 g/mol. The summed E-state index contributed by atoms with van der Waals surface area (Å²) in [6.07, 6.45) is 0.0940. The number of hydrogen-bond acceptors (Lipinski definition) is 4. The monoisotopic (exact) mass is 518 g/mol. The summed E-state index contributed by atoms with van der Waals surface area (Å²) in [5.74, 6) is -2.07. The lowest BCUT2D eigenvalue weighted by atomic mass is 9.79. The molecule has 36 heavy (non-hydrogen) atoms. The van der Waals surface area contributed by atoms with Crippen LogP contribution in [0.3, 0.4) is 0 Å². The number of carbonyl (C=O) groups excluding carboxylic acids is 2. The van der Waals surface area contributed by atoms with Crippen LogP contribution in [0.5, 0.6) is 0 Å². The Morgan fingerprint density at radius 2 is 1.53 bits per heavy atom. The summed E-state index contributed by atoms with van der Waals surface area (Å²) in [4.78, 5) is 40.9. The van der Waals surface area contributed by atoms with Crippen LogP contribution in [-0.2, 0) is 26.3 Å². The zero-order valence-electron chi connectivity index (χ0n) is 19.1. The van der Waals surface area contributed by atoms with Gasteiger partial charge in [-0.2, -0.15) is 0 Å². The van der Waals surface area contributed by atoms with Crippen molar-refractivity contribution in [3.05, 3.63) is 119 Å². The molecule has 8 heteroatoms. The Bertz CT molecular complexity index is 1330. The van der Waals surface area contributed by atoms with Gasteiger partial charge in [0.15, 0.2) is 5.54 Å². The van der Waals surface area contributed by atoms with E-state index in [0.717, 1.165) is 11.1 Å². The Morgan fingerprint density at radius 1 is 0.944 bits per heavy atom. The van der Waals surface area contributed by atoms with Crippen LogP contribution in [0, 0.1) is 0 Å². The zero-order chi connectivity index (χ0) is 25.3. The number of β-lactam (4-membered cyclic amide) rings is 1. The number of alkyl halides is 1. The highest BCUT2D eigenvalue weighted by molar-refractivity contribution is 8.00. The number of fused-ring (bicyclic) bond motifs is 1. The third-order valence-corrected chi connectivity index (χ3v) is 8.45. The molecular weight excluding hydrogens is 496 g/mol. The molecule has 182 valence electrons. The van der Waals surface area contributed by atoms with Gasteiger partial charge < -0.3 is 10.4 Å². The standard InChI is InChI=1S/C28H23ClN2O4S/c29-17-21-23(25(33)34)31-26(35)28(20-14-8-3-9-15-20,30-22(32)16-18-10-4-1-5-11-18)27(31)36-24(21)19-12-6-2-7-13-19/h1-15,24,27H,16-17H2,(H,30,32)(H,33,34)/t24?,27-,28?/m0/s1. The van der Waals surface area contributed by atoms with Crippen molar-refractivity contribution in [2.24, 2.45) is 0 Å². The highest BCUT2D eigenvalue weighted by Crippen LogP contribution is 2.57. The predicted octanol–water partition coefficient (Wildman–Crippen LogP) is 4.47. The van der Waals surface area contributed by atoms with Gasteiger partial charge in [-0.1, -0.05) is 91.0 Å². The van der Waals surface area contributed by atoms with Crippen molar-refractivity contribution >= 4 is 41.1 Å². The molecule has 3 aromatic rings. The van der Waals surface area contributed by atoms with E-state index in [-0.39, 0.29) is 23.9 Å². The third-order valence-electron chi connectivity index (χ3n) is 6.51. The Kier molecular flexibility index (Phi) is 6.60. The molecule has 2 unspecified atom stereocenters. The number of carboxylic acids is 1. The van der Waals surface area contributed by atoms with Crippen LogP contribution in [-0.4, -0.2) is 39.0 Å². The van der Waals surface area contributed by atoms with Crippen molar-refractivity contribution in [2.45, 2.75) is 22.6 Å². The molecule has 6 nitrogen and oxygen atoms in total. The minimum Gasteiger partial charge on any atom is -0.477 e. The topological polar surface area (TPSA) is 86.7 Å². The van der Waals surface area contributed by atoms with E-state index in [2.05, 4.69) is 5.32 Å². The summed E-state index contributed by atoms with van der Waals surface area (Å²) in [6, 6.07) is 27.8. The van der Waals surface area contributed by atoms with Gasteiger partial charge in [0.25, 0.3) is 5.91 Å². The molecule has 1 saturated heterocycles. The average Bonchev–Trinajstić information content (AvgIpc) is 2.91. The van der Waals surface area contributed by atoms with Gasteiger partial charge in [-0.15, -0.1) is 23.4 Å². The molecular formula is C28H23ClN2O4S. The molecule has 2 aliphatic heterocycles. The number of halogens is 1. The fraction of sp³-hybridized carbons (Fsp3) is 0.179. The van der Waals surface area contributed by atoms with Crippen LogP contribution in [0.1, 0.15) is 21.9 Å². The van der Waals surface area contributed by atoms with Crippen LogP contribution in [0.15, 0.2) is 102 Å². The summed E-state index contributed by atoms with van der Waals surface area (Å²) in [5.41, 5.74) is 1.24. The predicted molar refractivity (Wildman–Crippen MR) is 139 cm³/mol. The van der Waals surface area contributed by atoms with Crippen LogP contribution in [0.25, 0.3) is 0 Å². The number of carbonyl (C=O) groups is 3. The molecule has 0 bridgehead atoms. The van der Waals surface area contributed by atoms with Crippen molar-refractivity contribution in [3.8, 4) is 0 Å². The molecule has 0 aromatic heterocycles. The van der Waals surface area contributed by atoms with E-state index >= 15 is 0 Å². The van der Waals surface area contributed by atoms with Crippen molar-refractivity contribution < 1.29 is 19.5 Å². The second-order valence-corrected chi connectivity index (χ2v) is 10.1. The highest BCUT2D eigenvalue weighted by atomic mass is 35.5. The molecule has 2 heterocycles. The Balaban J connectivity index is 1.60. The number of benzene rings is 3. The number of aliphatic carboxylic acids is 1. The van der Waals surface area contributed by atoms with Crippen molar-refractivity contribution in [1.82, 2.24) is 10.2 Å². The van der Waals surface area contributed by atoms with Gasteiger partial charge in [0.1, 0.15) is 11.1 Å². The molecule has 0 saturated carbocycles. The third kappa shape index (κ3) is 3.98. The van der Waals surface area contributed by atoms with E-state index in [1.54, 1.807) is 24.3 Å². The minimum atomic E-state index is -1.41. The number of hydrogen-bond donors (Lipinski definition) is 2. The van der Waals surface area contributed by atoms with E-state index in [0.29, 0.717) is 11.1 Å². The second kappa shape index (κ2) is 9.84. The zero-order valence-corrected chi connectivity index (χ0v) is 20.7. The minimum absolute atomic E-state index is 0.0383. The number of thioether (sulfide) groups is 1. The maximum Gasteiger partial charge on any atom is 0.352 e. The number of carboxylic acid groups (broad SMARTS) is 1. The smallest absolute Gasteiger partial charge is 0.352 e. The number of rotatable bonds is 7. The van der Waals surface area contributed by atoms with Crippen LogP contribution in [0.4, 0.5) is 0 Å². The molecule has 1 fully saturated rings. The lowest BCUT2D eigenvalue weighted by molar-refractivity contribution is -0.160. The highest BCUT2D eigenvalue weighted by Gasteiger charge is 2.67. The van der Waals surface area contributed by atoms with Gasteiger partial charge in [-0.25, -0.2) is 4.79 Å². The van der Waals surface area contributed by atoms with Crippen molar-refractivity contribution in [2.75, 3.05) is 5.88 Å². The van der Waals surface area contributed by atoms with Gasteiger partial charge >= 0.3 is 5.97 Å². The Hall–Kier alpha value is -3.55. The molecule has 3 aromatic carbocycles. The van der Waals surface area contributed by atoms with E-state index in [1.807, 2.05) is 66.7 Å². The van der Waals surface area contributed by atoms with E-state index in [4.69, 9.17) is 11.6 Å². The SMILES string of the molecule is O=C(Cc1ccccc1)NC1(c2ccccc2)C(=O)N2C(C(=O)O)=C(CCl)C(c3ccccc3)S[C@H]21. The van der Waals surface area contributed by atoms with Crippen LogP contribution in [0.2, 0.25) is 0 Å². The molecule has 5 rings (SSSR count). The van der Waals surface area contributed by atoms with Crippen LogP contribution >= 0.6 is 23.4 Å². The fourth-order valence-corrected chi connectivity index (χ4v) is 7.01. The summed E-state index contributed by atoms with van der Waals surface area (Å²) in [7, 11) is 0. The number of nitrogens with one attached hydrogen (secondary N) is 1. The summed E-state index contributed by atoms with van der Waals surface area (Å²) < 4.78 is 0.